The highest BCUT2D eigenvalue weighted by atomic mass is 32.2. The molecule has 3 nitrogen and oxygen atoms in total. The number of alkyl halides is 3. The highest BCUT2D eigenvalue weighted by Gasteiger charge is 2.32. The topological polar surface area (TPSA) is 58.3 Å². The Bertz CT molecular complexity index is 472. The summed E-state index contributed by atoms with van der Waals surface area (Å²) in [5.74, 6) is -0.0266. The molecular formula is C14H20F3NO2S. The molecule has 0 fully saturated rings. The van der Waals surface area contributed by atoms with Gasteiger partial charge in [0.1, 0.15) is 11.5 Å². The fraction of sp³-hybridized carbons (Fsp3) is 0.571. The van der Waals surface area contributed by atoms with Gasteiger partial charge in [0.25, 0.3) is 0 Å². The maximum absolute atomic E-state index is 12.4. The standard InChI is InChI=1S/C14H20F3NO2S/c1-13(2,3)10-7-11(20-14(15,16)17)9-12(8-10)21(19)6-4-5-18/h7-9H,4-6,18H2,1-3H3. The highest BCUT2D eigenvalue weighted by molar-refractivity contribution is 7.91. The molecule has 0 saturated carbocycles. The number of rotatable bonds is 5. The molecule has 1 aromatic rings. The van der Waals surface area contributed by atoms with Crippen molar-refractivity contribution in [3.8, 4) is 5.75 Å². The third-order valence-electron chi connectivity index (χ3n) is 2.78. The summed E-state index contributed by atoms with van der Waals surface area (Å²) in [4.78, 5) is 0.329. The first-order valence-electron chi connectivity index (χ1n) is 6.52. The quantitative estimate of drug-likeness (QED) is 0.846. The van der Waals surface area contributed by atoms with E-state index in [0.29, 0.717) is 29.2 Å². The molecule has 0 aliphatic heterocycles. The molecule has 0 aliphatic carbocycles. The van der Waals surface area contributed by atoms with Crippen molar-refractivity contribution in [3.63, 3.8) is 0 Å². The molecular weight excluding hydrogens is 303 g/mol. The van der Waals surface area contributed by atoms with Crippen molar-refractivity contribution in [2.75, 3.05) is 12.3 Å². The van der Waals surface area contributed by atoms with E-state index in [4.69, 9.17) is 5.73 Å². The molecule has 1 atom stereocenters. The summed E-state index contributed by atoms with van der Waals surface area (Å²) in [6.45, 7) is 5.99. The first-order valence-corrected chi connectivity index (χ1v) is 7.84. The third-order valence-corrected chi connectivity index (χ3v) is 4.20. The van der Waals surface area contributed by atoms with E-state index >= 15 is 0 Å². The lowest BCUT2D eigenvalue weighted by Crippen LogP contribution is -2.19. The van der Waals surface area contributed by atoms with Crippen molar-refractivity contribution in [3.05, 3.63) is 23.8 Å². The zero-order valence-electron chi connectivity index (χ0n) is 12.3. The second-order valence-corrected chi connectivity index (χ2v) is 7.25. The average molecular weight is 323 g/mol. The maximum Gasteiger partial charge on any atom is 0.573 e. The van der Waals surface area contributed by atoms with E-state index in [9.17, 15) is 17.7 Å². The summed E-state index contributed by atoms with van der Waals surface area (Å²) in [7, 11) is 0. The van der Waals surface area contributed by atoms with Crippen LogP contribution in [0.3, 0.4) is 0 Å². The Morgan fingerprint density at radius 2 is 1.81 bits per heavy atom. The number of nitrogens with two attached hydrogens (primary N) is 1. The van der Waals surface area contributed by atoms with Crippen LogP contribution in [-0.4, -0.2) is 23.2 Å². The summed E-state index contributed by atoms with van der Waals surface area (Å²) < 4.78 is 53.3. The Morgan fingerprint density at radius 1 is 1.19 bits per heavy atom. The SMILES string of the molecule is CC(C)(C)c1cc(OC(F)(F)F)cc([S+]([O-])CCCN)c1. The largest absolute Gasteiger partial charge is 0.611 e. The number of hydrogen-bond acceptors (Lipinski definition) is 3. The van der Waals surface area contributed by atoms with Crippen LogP contribution in [0.1, 0.15) is 32.8 Å². The van der Waals surface area contributed by atoms with Gasteiger partial charge in [-0.15, -0.1) is 13.2 Å². The van der Waals surface area contributed by atoms with Gasteiger partial charge in [0, 0.05) is 12.5 Å². The van der Waals surface area contributed by atoms with E-state index in [0.717, 1.165) is 0 Å². The van der Waals surface area contributed by atoms with Gasteiger partial charge in [-0.2, -0.15) is 0 Å². The molecule has 120 valence electrons. The molecule has 0 radical (unpaired) electrons. The van der Waals surface area contributed by atoms with E-state index in [1.54, 1.807) is 6.07 Å². The minimum atomic E-state index is -4.77. The molecule has 0 amide bonds. The van der Waals surface area contributed by atoms with Gasteiger partial charge in [-0.05, 0) is 40.8 Å². The van der Waals surface area contributed by atoms with Gasteiger partial charge in [-0.25, -0.2) is 0 Å². The Morgan fingerprint density at radius 3 is 2.29 bits per heavy atom. The first kappa shape index (κ1) is 18.1. The van der Waals surface area contributed by atoms with Gasteiger partial charge < -0.3 is 15.0 Å². The van der Waals surface area contributed by atoms with Crippen molar-refractivity contribution in [2.45, 2.75) is 43.9 Å². The zero-order chi connectivity index (χ0) is 16.3. The van der Waals surface area contributed by atoms with Crippen LogP contribution in [0.4, 0.5) is 13.2 Å². The summed E-state index contributed by atoms with van der Waals surface area (Å²) in [5.41, 5.74) is 5.62. The lowest BCUT2D eigenvalue weighted by molar-refractivity contribution is -0.274. The van der Waals surface area contributed by atoms with E-state index < -0.39 is 17.5 Å². The van der Waals surface area contributed by atoms with Crippen molar-refractivity contribution in [1.29, 1.82) is 0 Å². The Balaban J connectivity index is 3.15. The second-order valence-electron chi connectivity index (χ2n) is 5.68. The first-order chi connectivity index (χ1) is 9.53. The number of halogens is 3. The fourth-order valence-electron chi connectivity index (χ4n) is 1.66. The molecule has 2 N–H and O–H groups in total. The Labute approximate surface area is 125 Å². The van der Waals surface area contributed by atoms with E-state index in [1.165, 1.54) is 12.1 Å². The molecule has 0 aliphatic rings. The predicted octanol–water partition coefficient (Wildman–Crippen LogP) is 3.34. The maximum atomic E-state index is 12.4. The number of benzene rings is 1. The van der Waals surface area contributed by atoms with Crippen LogP contribution in [0.2, 0.25) is 0 Å². The summed E-state index contributed by atoms with van der Waals surface area (Å²) in [6.07, 6.45) is -4.23. The van der Waals surface area contributed by atoms with Crippen molar-refractivity contribution >= 4 is 11.2 Å². The fourth-order valence-corrected chi connectivity index (χ4v) is 2.83. The van der Waals surface area contributed by atoms with Gasteiger partial charge in [-0.1, -0.05) is 20.8 Å². The lowest BCUT2D eigenvalue weighted by atomic mass is 9.87. The molecule has 1 rings (SSSR count). The van der Waals surface area contributed by atoms with E-state index in [1.807, 2.05) is 20.8 Å². The van der Waals surface area contributed by atoms with Gasteiger partial charge in [0.15, 0.2) is 4.90 Å². The van der Waals surface area contributed by atoms with Gasteiger partial charge >= 0.3 is 6.36 Å². The Hall–Kier alpha value is -0.920. The van der Waals surface area contributed by atoms with Gasteiger partial charge in [0.2, 0.25) is 0 Å². The van der Waals surface area contributed by atoms with Crippen LogP contribution >= 0.6 is 0 Å². The molecule has 0 aromatic heterocycles. The average Bonchev–Trinajstić information content (AvgIpc) is 2.32. The van der Waals surface area contributed by atoms with E-state index in [2.05, 4.69) is 4.74 Å². The minimum absolute atomic E-state index is 0.315. The summed E-state index contributed by atoms with van der Waals surface area (Å²) >= 11 is -1.39. The monoisotopic (exact) mass is 323 g/mol. The van der Waals surface area contributed by atoms with Crippen molar-refractivity contribution < 1.29 is 22.5 Å². The molecule has 1 unspecified atom stereocenters. The van der Waals surface area contributed by atoms with Crippen LogP contribution in [0.25, 0.3) is 0 Å². The Kier molecular flexibility index (Phi) is 5.95. The van der Waals surface area contributed by atoms with E-state index in [-0.39, 0.29) is 11.2 Å². The minimum Gasteiger partial charge on any atom is -0.611 e. The summed E-state index contributed by atoms with van der Waals surface area (Å²) in [6, 6.07) is 4.17. The van der Waals surface area contributed by atoms with Crippen molar-refractivity contribution in [1.82, 2.24) is 0 Å². The van der Waals surface area contributed by atoms with Crippen molar-refractivity contribution in [2.24, 2.45) is 5.73 Å². The number of ether oxygens (including phenoxy) is 1. The smallest absolute Gasteiger partial charge is 0.573 e. The molecule has 7 heteroatoms. The molecule has 0 spiro atoms. The van der Waals surface area contributed by atoms with Crippen LogP contribution in [-0.2, 0) is 16.6 Å². The normalized spacial score (nSPS) is 14.1. The molecule has 0 bridgehead atoms. The highest BCUT2D eigenvalue weighted by Crippen LogP contribution is 2.32. The molecule has 0 saturated heterocycles. The van der Waals surface area contributed by atoms with Crippen LogP contribution in [0.15, 0.2) is 23.1 Å². The molecule has 0 heterocycles. The molecule has 1 aromatic carbocycles. The predicted molar refractivity (Wildman–Crippen MR) is 76.8 cm³/mol. The van der Waals surface area contributed by atoms with Gasteiger partial charge in [0.05, 0.1) is 0 Å². The van der Waals surface area contributed by atoms with Crippen LogP contribution < -0.4 is 10.5 Å². The third kappa shape index (κ3) is 6.15. The second kappa shape index (κ2) is 6.89. The lowest BCUT2D eigenvalue weighted by Gasteiger charge is -2.22. The molecule has 21 heavy (non-hydrogen) atoms. The van der Waals surface area contributed by atoms with Crippen LogP contribution in [0, 0.1) is 0 Å². The zero-order valence-corrected chi connectivity index (χ0v) is 13.1. The number of hydrogen-bond donors (Lipinski definition) is 1. The summed E-state index contributed by atoms with van der Waals surface area (Å²) in [5, 5.41) is 0. The van der Waals surface area contributed by atoms with Gasteiger partial charge in [-0.3, -0.25) is 0 Å². The van der Waals surface area contributed by atoms with Crippen LogP contribution in [0.5, 0.6) is 5.75 Å².